The van der Waals surface area contributed by atoms with Crippen molar-refractivity contribution in [1.82, 2.24) is 0 Å². The van der Waals surface area contributed by atoms with Gasteiger partial charge in [0.2, 0.25) is 0 Å². The van der Waals surface area contributed by atoms with Crippen LogP contribution in [0.2, 0.25) is 0 Å². The Hall–Kier alpha value is -2.21. The van der Waals surface area contributed by atoms with E-state index in [9.17, 15) is 13.5 Å². The Kier molecular flexibility index (Phi) is 4.85. The number of hydrogen-bond donors (Lipinski definition) is 2. The number of sulfonamides is 1. The Bertz CT molecular complexity index is 813. The number of phenols is 1. The first kappa shape index (κ1) is 17.1. The van der Waals surface area contributed by atoms with Crippen molar-refractivity contribution in [2.45, 2.75) is 31.6 Å². The normalized spacial score (nSPS) is 11.5. The summed E-state index contributed by atoms with van der Waals surface area (Å²) in [6.07, 6.45) is 0. The number of aromatic hydroxyl groups is 1. The zero-order valence-corrected chi connectivity index (χ0v) is 14.4. The van der Waals surface area contributed by atoms with Gasteiger partial charge < -0.3 is 9.84 Å². The molecule has 5 nitrogen and oxygen atoms in total. The Labute approximate surface area is 137 Å². The van der Waals surface area contributed by atoms with Gasteiger partial charge >= 0.3 is 0 Å². The van der Waals surface area contributed by atoms with Crippen molar-refractivity contribution in [3.05, 3.63) is 47.5 Å². The molecule has 124 valence electrons. The van der Waals surface area contributed by atoms with E-state index in [1.807, 2.05) is 20.8 Å². The van der Waals surface area contributed by atoms with Gasteiger partial charge in [0.25, 0.3) is 10.0 Å². The molecule has 0 atom stereocenters. The van der Waals surface area contributed by atoms with Crippen molar-refractivity contribution in [2.24, 2.45) is 0 Å². The molecule has 2 rings (SSSR count). The molecule has 0 fully saturated rings. The van der Waals surface area contributed by atoms with Gasteiger partial charge in [0.15, 0.2) is 0 Å². The van der Waals surface area contributed by atoms with Gasteiger partial charge in [-0.25, -0.2) is 8.42 Å². The standard InChI is InChI=1S/C17H21NO4S/c1-11(2)13-10-17(16(22-4)9-12(13)3)23(20,21)18-14-7-5-6-8-15(14)19/h5-11,18-19H,1-4H3. The van der Waals surface area contributed by atoms with Gasteiger partial charge in [-0.1, -0.05) is 26.0 Å². The number of anilines is 1. The lowest BCUT2D eigenvalue weighted by molar-refractivity contribution is 0.402. The van der Waals surface area contributed by atoms with Crippen molar-refractivity contribution >= 4 is 15.7 Å². The highest BCUT2D eigenvalue weighted by molar-refractivity contribution is 7.92. The molecule has 6 heteroatoms. The van der Waals surface area contributed by atoms with E-state index in [0.717, 1.165) is 11.1 Å². The molecular weight excluding hydrogens is 314 g/mol. The lowest BCUT2D eigenvalue weighted by atomic mass is 9.98. The molecular formula is C17H21NO4S. The van der Waals surface area contributed by atoms with Gasteiger partial charge in [-0.2, -0.15) is 0 Å². The summed E-state index contributed by atoms with van der Waals surface area (Å²) in [4.78, 5) is 0.0533. The minimum atomic E-state index is -3.89. The first-order valence-electron chi connectivity index (χ1n) is 7.25. The second kappa shape index (κ2) is 6.50. The summed E-state index contributed by atoms with van der Waals surface area (Å²) in [5.74, 6) is 0.320. The van der Waals surface area contributed by atoms with Crippen LogP contribution in [0, 0.1) is 6.92 Å². The summed E-state index contributed by atoms with van der Waals surface area (Å²) in [6.45, 7) is 5.92. The van der Waals surface area contributed by atoms with Crippen molar-refractivity contribution in [3.63, 3.8) is 0 Å². The highest BCUT2D eigenvalue weighted by Crippen LogP contribution is 2.33. The largest absolute Gasteiger partial charge is 0.506 e. The first-order chi connectivity index (χ1) is 10.8. The molecule has 0 bridgehead atoms. The summed E-state index contributed by atoms with van der Waals surface area (Å²) >= 11 is 0. The monoisotopic (exact) mass is 335 g/mol. The van der Waals surface area contributed by atoms with Crippen LogP contribution in [-0.4, -0.2) is 20.6 Å². The molecule has 0 aromatic heterocycles. The average Bonchev–Trinajstić information content (AvgIpc) is 2.48. The maximum absolute atomic E-state index is 12.7. The van der Waals surface area contributed by atoms with E-state index in [0.29, 0.717) is 0 Å². The predicted molar refractivity (Wildman–Crippen MR) is 90.7 cm³/mol. The van der Waals surface area contributed by atoms with E-state index < -0.39 is 10.0 Å². The maximum Gasteiger partial charge on any atom is 0.265 e. The number of hydrogen-bond acceptors (Lipinski definition) is 4. The quantitative estimate of drug-likeness (QED) is 0.818. The molecule has 2 N–H and O–H groups in total. The van der Waals surface area contributed by atoms with Crippen molar-refractivity contribution < 1.29 is 18.3 Å². The number of nitrogens with one attached hydrogen (secondary N) is 1. The lowest BCUT2D eigenvalue weighted by Gasteiger charge is -2.17. The Morgan fingerprint density at radius 3 is 2.39 bits per heavy atom. The molecule has 0 saturated carbocycles. The van der Waals surface area contributed by atoms with Crippen LogP contribution in [0.4, 0.5) is 5.69 Å². The molecule has 2 aromatic rings. The van der Waals surface area contributed by atoms with Gasteiger partial charge in [-0.3, -0.25) is 4.72 Å². The van der Waals surface area contributed by atoms with Crippen LogP contribution in [0.15, 0.2) is 41.3 Å². The van der Waals surface area contributed by atoms with E-state index in [4.69, 9.17) is 4.74 Å². The average molecular weight is 335 g/mol. The first-order valence-corrected chi connectivity index (χ1v) is 8.74. The number of ether oxygens (including phenoxy) is 1. The predicted octanol–water partition coefficient (Wildman–Crippen LogP) is 3.63. The van der Waals surface area contributed by atoms with Crippen LogP contribution < -0.4 is 9.46 Å². The zero-order valence-electron chi connectivity index (χ0n) is 13.6. The molecule has 0 aliphatic carbocycles. The summed E-state index contributed by atoms with van der Waals surface area (Å²) in [5.41, 5.74) is 2.03. The van der Waals surface area contributed by atoms with Crippen molar-refractivity contribution in [3.8, 4) is 11.5 Å². The van der Waals surface area contributed by atoms with E-state index in [1.165, 1.54) is 19.2 Å². The molecule has 0 aliphatic heterocycles. The van der Waals surface area contributed by atoms with Gasteiger partial charge in [0, 0.05) is 0 Å². The summed E-state index contributed by atoms with van der Waals surface area (Å²) in [6, 6.07) is 9.52. The number of rotatable bonds is 5. The highest BCUT2D eigenvalue weighted by atomic mass is 32.2. The minimum absolute atomic E-state index is 0.0533. The fourth-order valence-electron chi connectivity index (χ4n) is 2.43. The van der Waals surface area contributed by atoms with E-state index in [2.05, 4.69) is 4.72 Å². The molecule has 0 radical (unpaired) electrons. The fraction of sp³-hybridized carbons (Fsp3) is 0.294. The third-order valence-electron chi connectivity index (χ3n) is 3.61. The Balaban J connectivity index is 2.55. The van der Waals surface area contributed by atoms with Crippen LogP contribution in [0.3, 0.4) is 0 Å². The van der Waals surface area contributed by atoms with Gasteiger partial charge in [-0.05, 0) is 48.2 Å². The Morgan fingerprint density at radius 1 is 1.17 bits per heavy atom. The molecule has 0 saturated heterocycles. The molecule has 0 aliphatic rings. The molecule has 0 spiro atoms. The second-order valence-electron chi connectivity index (χ2n) is 5.64. The fourth-order valence-corrected chi connectivity index (χ4v) is 3.69. The van der Waals surface area contributed by atoms with E-state index in [-0.39, 0.29) is 28.0 Å². The minimum Gasteiger partial charge on any atom is -0.506 e. The van der Waals surface area contributed by atoms with Crippen molar-refractivity contribution in [1.29, 1.82) is 0 Å². The molecule has 23 heavy (non-hydrogen) atoms. The molecule has 0 unspecified atom stereocenters. The SMILES string of the molecule is COc1cc(C)c(C(C)C)cc1S(=O)(=O)Nc1ccccc1O. The molecule has 0 amide bonds. The molecule has 2 aromatic carbocycles. The number of phenolic OH excluding ortho intramolecular Hbond substituents is 1. The number of benzene rings is 2. The lowest BCUT2D eigenvalue weighted by Crippen LogP contribution is -2.15. The number of aryl methyl sites for hydroxylation is 1. The Morgan fingerprint density at radius 2 is 1.83 bits per heavy atom. The van der Waals surface area contributed by atoms with Gasteiger partial charge in [0.05, 0.1) is 12.8 Å². The van der Waals surface area contributed by atoms with Crippen molar-refractivity contribution in [2.75, 3.05) is 11.8 Å². The van der Waals surface area contributed by atoms with Crippen LogP contribution in [-0.2, 0) is 10.0 Å². The van der Waals surface area contributed by atoms with Crippen LogP contribution in [0.1, 0.15) is 30.9 Å². The van der Waals surface area contributed by atoms with Gasteiger partial charge in [-0.15, -0.1) is 0 Å². The van der Waals surface area contributed by atoms with Gasteiger partial charge in [0.1, 0.15) is 16.4 Å². The molecule has 0 heterocycles. The maximum atomic E-state index is 12.7. The van der Waals surface area contributed by atoms with E-state index in [1.54, 1.807) is 24.3 Å². The topological polar surface area (TPSA) is 75.6 Å². The summed E-state index contributed by atoms with van der Waals surface area (Å²) in [5, 5.41) is 9.78. The summed E-state index contributed by atoms with van der Waals surface area (Å²) < 4.78 is 33.1. The zero-order chi connectivity index (χ0) is 17.2. The van der Waals surface area contributed by atoms with Crippen LogP contribution >= 0.6 is 0 Å². The summed E-state index contributed by atoms with van der Waals surface area (Å²) in [7, 11) is -2.45. The third-order valence-corrected chi connectivity index (χ3v) is 5.00. The highest BCUT2D eigenvalue weighted by Gasteiger charge is 2.23. The van der Waals surface area contributed by atoms with E-state index >= 15 is 0 Å². The van der Waals surface area contributed by atoms with Crippen LogP contribution in [0.5, 0.6) is 11.5 Å². The second-order valence-corrected chi connectivity index (χ2v) is 7.29. The smallest absolute Gasteiger partial charge is 0.265 e. The van der Waals surface area contributed by atoms with Crippen LogP contribution in [0.25, 0.3) is 0 Å². The third kappa shape index (κ3) is 3.59. The number of para-hydroxylation sites is 2. The number of methoxy groups -OCH3 is 1.